The van der Waals surface area contributed by atoms with Gasteiger partial charge in [-0.05, 0) is 24.1 Å². The molecule has 0 aliphatic heterocycles. The minimum absolute atomic E-state index is 0.00940. The molecule has 0 saturated carbocycles. The Kier molecular flexibility index (Phi) is 5.23. The number of benzene rings is 1. The van der Waals surface area contributed by atoms with Crippen LogP contribution in [0, 0.1) is 4.91 Å². The molecule has 0 aliphatic carbocycles. The van der Waals surface area contributed by atoms with E-state index in [1.165, 1.54) is 0 Å². The molecule has 3 N–H and O–H groups in total. The number of nitroso groups, excluding NO2 is 1. The van der Waals surface area contributed by atoms with E-state index in [0.717, 1.165) is 0 Å². The molecule has 1 amide bonds. The van der Waals surface area contributed by atoms with Gasteiger partial charge in [0.25, 0.3) is 0 Å². The predicted molar refractivity (Wildman–Crippen MR) is 92.0 cm³/mol. The summed E-state index contributed by atoms with van der Waals surface area (Å²) in [7, 11) is 0. The first-order valence-electron chi connectivity index (χ1n) is 8.09. The van der Waals surface area contributed by atoms with Gasteiger partial charge in [0, 0.05) is 18.4 Å². The fourth-order valence-corrected chi connectivity index (χ4v) is 2.82. The van der Waals surface area contributed by atoms with Gasteiger partial charge in [-0.2, -0.15) is 0 Å². The van der Waals surface area contributed by atoms with Gasteiger partial charge in [-0.3, -0.25) is 14.7 Å². The number of amides is 1. The normalized spacial score (nSPS) is 11.0. The number of hydroxylamine groups is 1. The molecular formula is C16H18N6O4. The molecule has 0 aliphatic rings. The lowest BCUT2D eigenvalue weighted by molar-refractivity contribution is -0.129. The number of rotatable bonds is 8. The standard InChI is InChI=1S/C16H18N6O4/c23-14(18-25)7-3-4-8-21-9-11(17-20-21)10-22-13-6-2-1-5-12(13)15(19-26)16(22)24/h1-2,5-6,9,24-25H,3-4,7-8,10H2,(H,18,23). The first-order valence-corrected chi connectivity index (χ1v) is 8.09. The summed E-state index contributed by atoms with van der Waals surface area (Å²) in [4.78, 5) is 22.0. The number of unbranched alkanes of at least 4 members (excludes halogenated alkanes) is 1. The van der Waals surface area contributed by atoms with Gasteiger partial charge in [0.2, 0.25) is 11.8 Å². The average Bonchev–Trinajstić information content (AvgIpc) is 3.21. The van der Waals surface area contributed by atoms with Crippen molar-refractivity contribution >= 4 is 22.5 Å². The Balaban J connectivity index is 1.70. The van der Waals surface area contributed by atoms with Crippen molar-refractivity contribution in [3.63, 3.8) is 0 Å². The molecule has 10 nitrogen and oxygen atoms in total. The van der Waals surface area contributed by atoms with Crippen LogP contribution in [0.5, 0.6) is 5.88 Å². The molecule has 0 atom stereocenters. The summed E-state index contributed by atoms with van der Waals surface area (Å²) >= 11 is 0. The van der Waals surface area contributed by atoms with E-state index in [9.17, 15) is 14.8 Å². The van der Waals surface area contributed by atoms with Gasteiger partial charge in [0.15, 0.2) is 5.69 Å². The zero-order valence-electron chi connectivity index (χ0n) is 13.9. The summed E-state index contributed by atoms with van der Waals surface area (Å²) in [5, 5.41) is 30.3. The maximum Gasteiger partial charge on any atom is 0.243 e. The lowest BCUT2D eigenvalue weighted by Crippen LogP contribution is -2.18. The van der Waals surface area contributed by atoms with Crippen molar-refractivity contribution in [2.24, 2.45) is 5.18 Å². The number of aromatic nitrogens is 4. The van der Waals surface area contributed by atoms with Gasteiger partial charge in [-0.1, -0.05) is 23.4 Å². The number of hydrogen-bond donors (Lipinski definition) is 3. The fourth-order valence-electron chi connectivity index (χ4n) is 2.82. The topological polar surface area (TPSA) is 135 Å². The molecular weight excluding hydrogens is 340 g/mol. The summed E-state index contributed by atoms with van der Waals surface area (Å²) in [6, 6.07) is 7.10. The highest BCUT2D eigenvalue weighted by molar-refractivity contribution is 5.95. The van der Waals surface area contributed by atoms with Gasteiger partial charge >= 0.3 is 0 Å². The molecule has 0 saturated heterocycles. The van der Waals surface area contributed by atoms with Crippen LogP contribution in [0.2, 0.25) is 0 Å². The number of fused-ring (bicyclic) bond motifs is 1. The van der Waals surface area contributed by atoms with Crippen LogP contribution < -0.4 is 5.48 Å². The third kappa shape index (κ3) is 3.54. The van der Waals surface area contributed by atoms with Gasteiger partial charge < -0.3 is 9.67 Å². The lowest BCUT2D eigenvalue weighted by Gasteiger charge is -2.04. The summed E-state index contributed by atoms with van der Waals surface area (Å²) in [5.74, 6) is -0.621. The van der Waals surface area contributed by atoms with Crippen LogP contribution in [0.25, 0.3) is 10.9 Å². The first-order chi connectivity index (χ1) is 12.6. The predicted octanol–water partition coefficient (Wildman–Crippen LogP) is 2.06. The van der Waals surface area contributed by atoms with Crippen LogP contribution in [-0.4, -0.2) is 35.8 Å². The maximum atomic E-state index is 11.0. The van der Waals surface area contributed by atoms with Crippen molar-refractivity contribution in [3.05, 3.63) is 41.1 Å². The minimum atomic E-state index is -0.418. The van der Waals surface area contributed by atoms with Crippen LogP contribution in [0.3, 0.4) is 0 Å². The first kappa shape index (κ1) is 17.5. The Hall–Kier alpha value is -3.27. The number of nitrogens with one attached hydrogen (secondary N) is 1. The Bertz CT molecular complexity index is 932. The molecule has 1 aromatic carbocycles. The van der Waals surface area contributed by atoms with Crippen molar-refractivity contribution < 1.29 is 15.1 Å². The summed E-state index contributed by atoms with van der Waals surface area (Å²) in [6.07, 6.45) is 3.29. The third-order valence-corrected chi connectivity index (χ3v) is 4.08. The zero-order valence-corrected chi connectivity index (χ0v) is 13.9. The molecule has 2 heterocycles. The van der Waals surface area contributed by atoms with Crippen LogP contribution in [0.4, 0.5) is 5.69 Å². The van der Waals surface area contributed by atoms with E-state index in [1.54, 1.807) is 39.1 Å². The third-order valence-electron chi connectivity index (χ3n) is 4.08. The average molecular weight is 358 g/mol. The van der Waals surface area contributed by atoms with Gasteiger partial charge in [0.1, 0.15) is 5.69 Å². The van der Waals surface area contributed by atoms with Gasteiger partial charge in [0.05, 0.1) is 18.3 Å². The molecule has 3 rings (SSSR count). The van der Waals surface area contributed by atoms with Crippen LogP contribution >= 0.6 is 0 Å². The molecule has 0 unspecified atom stereocenters. The molecule has 0 bridgehead atoms. The number of aryl methyl sites for hydroxylation is 1. The minimum Gasteiger partial charge on any atom is -0.493 e. The van der Waals surface area contributed by atoms with Crippen molar-refractivity contribution in [2.75, 3.05) is 0 Å². The highest BCUT2D eigenvalue weighted by Gasteiger charge is 2.18. The second-order valence-electron chi connectivity index (χ2n) is 5.83. The van der Waals surface area contributed by atoms with Crippen molar-refractivity contribution in [1.82, 2.24) is 25.0 Å². The highest BCUT2D eigenvalue weighted by atomic mass is 16.5. The van der Waals surface area contributed by atoms with Crippen molar-refractivity contribution in [1.29, 1.82) is 0 Å². The Morgan fingerprint density at radius 2 is 2.08 bits per heavy atom. The van der Waals surface area contributed by atoms with E-state index in [2.05, 4.69) is 15.5 Å². The van der Waals surface area contributed by atoms with E-state index in [1.807, 2.05) is 6.07 Å². The Morgan fingerprint density at radius 3 is 2.85 bits per heavy atom. The van der Waals surface area contributed by atoms with Crippen LogP contribution in [0.15, 0.2) is 35.6 Å². The highest BCUT2D eigenvalue weighted by Crippen LogP contribution is 2.38. The summed E-state index contributed by atoms with van der Waals surface area (Å²) < 4.78 is 3.21. The number of carbonyl (C=O) groups is 1. The monoisotopic (exact) mass is 358 g/mol. The number of nitrogens with zero attached hydrogens (tertiary/aromatic N) is 5. The van der Waals surface area contributed by atoms with E-state index < -0.39 is 5.91 Å². The van der Waals surface area contributed by atoms with E-state index in [4.69, 9.17) is 5.21 Å². The number of carbonyl (C=O) groups excluding carboxylic acids is 1. The summed E-state index contributed by atoms with van der Waals surface area (Å²) in [5.41, 5.74) is 2.90. The molecule has 26 heavy (non-hydrogen) atoms. The maximum absolute atomic E-state index is 11.0. The molecule has 2 aromatic heterocycles. The Labute approximate surface area is 148 Å². The SMILES string of the molecule is O=Nc1c(O)n(Cc2cn(CCCCC(=O)NO)nn2)c2ccccc12. The zero-order chi connectivity index (χ0) is 18.5. The largest absolute Gasteiger partial charge is 0.493 e. The second-order valence-corrected chi connectivity index (χ2v) is 5.83. The van der Waals surface area contributed by atoms with Gasteiger partial charge in [-0.15, -0.1) is 10.0 Å². The van der Waals surface area contributed by atoms with E-state index >= 15 is 0 Å². The van der Waals surface area contributed by atoms with E-state index in [0.29, 0.717) is 36.0 Å². The Morgan fingerprint density at radius 1 is 1.27 bits per heavy atom. The summed E-state index contributed by atoms with van der Waals surface area (Å²) in [6.45, 7) is 0.819. The number of hydrogen-bond acceptors (Lipinski definition) is 7. The fraction of sp³-hybridized carbons (Fsp3) is 0.312. The molecule has 0 spiro atoms. The molecule has 3 aromatic rings. The molecule has 0 fully saturated rings. The van der Waals surface area contributed by atoms with Crippen molar-refractivity contribution in [3.8, 4) is 5.88 Å². The van der Waals surface area contributed by atoms with E-state index in [-0.39, 0.29) is 24.5 Å². The lowest BCUT2D eigenvalue weighted by atomic mass is 10.2. The smallest absolute Gasteiger partial charge is 0.243 e. The van der Waals surface area contributed by atoms with Gasteiger partial charge in [-0.25, -0.2) is 5.48 Å². The quantitative estimate of drug-likeness (QED) is 0.244. The molecule has 10 heteroatoms. The molecule has 136 valence electrons. The number of para-hydroxylation sites is 1. The second kappa shape index (κ2) is 7.74. The van der Waals surface area contributed by atoms with Crippen molar-refractivity contribution in [2.45, 2.75) is 32.4 Å². The van der Waals surface area contributed by atoms with Crippen LogP contribution in [-0.2, 0) is 17.9 Å². The van der Waals surface area contributed by atoms with Crippen LogP contribution in [0.1, 0.15) is 25.0 Å². The molecule has 0 radical (unpaired) electrons. The number of aromatic hydroxyl groups is 1.